The number of aryl methyl sites for hydroxylation is 1. The first-order chi connectivity index (χ1) is 21.3. The van der Waals surface area contributed by atoms with Crippen LogP contribution >= 0.6 is 18.7 Å². The molecule has 1 aliphatic carbocycles. The minimum absolute atomic E-state index is 0.170. The molecule has 1 saturated carbocycles. The number of aromatic nitrogens is 3. The number of hydrogen-bond acceptors (Lipinski definition) is 6. The van der Waals surface area contributed by atoms with E-state index >= 15 is 4.39 Å². The van der Waals surface area contributed by atoms with Gasteiger partial charge in [-0.1, -0.05) is 30.3 Å². The highest BCUT2D eigenvalue weighted by Crippen LogP contribution is 2.46. The Morgan fingerprint density at radius 1 is 1.11 bits per heavy atom. The molecule has 3 heterocycles. The third kappa shape index (κ3) is 5.70. The van der Waals surface area contributed by atoms with Crippen LogP contribution in [0.3, 0.4) is 0 Å². The summed E-state index contributed by atoms with van der Waals surface area (Å²) in [7, 11) is -2.61. The molecule has 2 aromatic carbocycles. The molecule has 4 aromatic rings. The molecule has 0 unspecified atom stereocenters. The number of fused-ring (bicyclic) bond motifs is 1. The third-order valence-electron chi connectivity index (χ3n) is 8.53. The zero-order valence-corrected chi connectivity index (χ0v) is 27.1. The molecule has 1 atom stereocenters. The molecule has 1 saturated heterocycles. The van der Waals surface area contributed by atoms with Crippen molar-refractivity contribution in [1.82, 2.24) is 19.4 Å². The Kier molecular flexibility index (Phi) is 7.94. The van der Waals surface area contributed by atoms with Crippen molar-refractivity contribution in [3.8, 4) is 16.9 Å². The summed E-state index contributed by atoms with van der Waals surface area (Å²) in [4.78, 5) is 39.2. The molecule has 1 aliphatic heterocycles. The van der Waals surface area contributed by atoms with Crippen molar-refractivity contribution >= 4 is 46.8 Å². The van der Waals surface area contributed by atoms with Gasteiger partial charge in [-0.2, -0.15) is 4.98 Å². The summed E-state index contributed by atoms with van der Waals surface area (Å²) >= 11 is 6.79. The number of halogens is 3. The van der Waals surface area contributed by atoms with Gasteiger partial charge in [0.15, 0.2) is 11.5 Å². The number of pyridine rings is 1. The molecule has 0 bridgehead atoms. The van der Waals surface area contributed by atoms with Gasteiger partial charge in [-0.25, -0.2) is 23.1 Å². The second-order valence-electron chi connectivity index (χ2n) is 12.2. The smallest absolute Gasteiger partial charge is 0.350 e. The Morgan fingerprint density at radius 2 is 1.82 bits per heavy atom. The zero-order chi connectivity index (χ0) is 32.4. The van der Waals surface area contributed by atoms with Crippen LogP contribution in [0.1, 0.15) is 36.8 Å². The highest BCUT2D eigenvalue weighted by molar-refractivity contribution is 7.70. The minimum Gasteiger partial charge on any atom is -0.350 e. The van der Waals surface area contributed by atoms with Gasteiger partial charge in [-0.05, 0) is 87.4 Å². The number of anilines is 1. The van der Waals surface area contributed by atoms with Crippen LogP contribution in [0.2, 0.25) is 5.02 Å². The van der Waals surface area contributed by atoms with E-state index in [1.165, 1.54) is 15.5 Å². The van der Waals surface area contributed by atoms with Crippen molar-refractivity contribution < 1.29 is 18.1 Å². The van der Waals surface area contributed by atoms with Gasteiger partial charge in [0, 0.05) is 36.5 Å². The molecule has 0 radical (unpaired) electrons. The molecule has 0 spiro atoms. The first kappa shape index (κ1) is 31.1. The third-order valence-corrected chi connectivity index (χ3v) is 10.3. The number of piperazine rings is 1. The zero-order valence-electron chi connectivity index (χ0n) is 25.5. The maximum absolute atomic E-state index is 15.1. The Bertz CT molecular complexity index is 2000. The van der Waals surface area contributed by atoms with Crippen molar-refractivity contribution in [1.29, 1.82) is 0 Å². The molecule has 234 valence electrons. The van der Waals surface area contributed by atoms with Crippen LogP contribution in [0.25, 0.3) is 28.0 Å². The molecule has 0 N–H and O–H groups in total. The molecule has 12 heteroatoms. The topological polar surface area (TPSA) is 88.4 Å². The van der Waals surface area contributed by atoms with E-state index < -0.39 is 30.4 Å². The molecule has 6 rings (SSSR count). The standard InChI is InChI=1S/C33H33ClF2N5O3P/c1-18-14-22(45(4,5)44)15-24(21-10-11-21)29(18)41-31-25(16-26(34)28(37-31)23-8-6-7-9-27(23)36)30(38-33(41)43)40-13-12-39(17-19(40)2)32(42)20(3)35/h6-9,14-16,19,21H,3,10-13,17H2,1-2,4-5H3/t19-/m0/s1. The summed E-state index contributed by atoms with van der Waals surface area (Å²) in [5.41, 5.74) is 2.25. The first-order valence-electron chi connectivity index (χ1n) is 14.7. The first-order valence-corrected chi connectivity index (χ1v) is 17.7. The molecule has 2 aromatic heterocycles. The summed E-state index contributed by atoms with van der Waals surface area (Å²) in [6.07, 6.45) is 1.86. The monoisotopic (exact) mass is 651 g/mol. The number of carbonyl (C=O) groups is 1. The maximum atomic E-state index is 15.1. The maximum Gasteiger partial charge on any atom is 0.355 e. The summed E-state index contributed by atoms with van der Waals surface area (Å²) in [6, 6.07) is 11.2. The van der Waals surface area contributed by atoms with Crippen molar-refractivity contribution in [2.24, 2.45) is 0 Å². The Balaban J connectivity index is 1.62. The average molecular weight is 652 g/mol. The van der Waals surface area contributed by atoms with E-state index in [9.17, 15) is 18.5 Å². The molecule has 2 aliphatic rings. The molecule has 2 fully saturated rings. The minimum atomic E-state index is -2.61. The lowest BCUT2D eigenvalue weighted by Crippen LogP contribution is -2.54. The lowest BCUT2D eigenvalue weighted by molar-refractivity contribution is -0.129. The average Bonchev–Trinajstić information content (AvgIpc) is 3.82. The van der Waals surface area contributed by atoms with Crippen LogP contribution in [0.15, 0.2) is 59.7 Å². The highest BCUT2D eigenvalue weighted by atomic mass is 35.5. The Labute approximate surface area is 264 Å². The summed E-state index contributed by atoms with van der Waals surface area (Å²) < 4.78 is 43.3. The lowest BCUT2D eigenvalue weighted by Gasteiger charge is -2.40. The van der Waals surface area contributed by atoms with Crippen LogP contribution in [0, 0.1) is 12.7 Å². The van der Waals surface area contributed by atoms with Crippen LogP contribution in [0.5, 0.6) is 0 Å². The summed E-state index contributed by atoms with van der Waals surface area (Å²) in [6.45, 7) is 10.9. The van der Waals surface area contributed by atoms with E-state index in [0.29, 0.717) is 16.9 Å². The Morgan fingerprint density at radius 3 is 2.44 bits per heavy atom. The van der Waals surface area contributed by atoms with Gasteiger partial charge in [0.25, 0.3) is 5.91 Å². The number of nitrogens with zero attached hydrogens (tertiary/aromatic N) is 5. The van der Waals surface area contributed by atoms with Gasteiger partial charge < -0.3 is 14.4 Å². The summed E-state index contributed by atoms with van der Waals surface area (Å²) in [5, 5.41) is 1.36. The van der Waals surface area contributed by atoms with Gasteiger partial charge >= 0.3 is 5.69 Å². The second-order valence-corrected chi connectivity index (χ2v) is 15.9. The van der Waals surface area contributed by atoms with E-state index in [0.717, 1.165) is 29.3 Å². The van der Waals surface area contributed by atoms with Crippen LogP contribution in [-0.2, 0) is 9.36 Å². The number of carbonyl (C=O) groups excluding carboxylic acids is 1. The van der Waals surface area contributed by atoms with E-state index in [4.69, 9.17) is 16.6 Å². The number of rotatable bonds is 6. The summed E-state index contributed by atoms with van der Waals surface area (Å²) in [5.74, 6) is -1.83. The van der Waals surface area contributed by atoms with Gasteiger partial charge in [-0.15, -0.1) is 0 Å². The van der Waals surface area contributed by atoms with Crippen LogP contribution in [0.4, 0.5) is 14.6 Å². The van der Waals surface area contributed by atoms with Gasteiger partial charge in [-0.3, -0.25) is 4.79 Å². The SMILES string of the molecule is C=C(F)C(=O)N1CCN(c2nc(=O)n(-c3c(C)cc(P(C)(C)=O)cc3C3CC3)c3nc(-c4ccccc4F)c(Cl)cc23)[C@@H](C)C1. The molecule has 1 amide bonds. The lowest BCUT2D eigenvalue weighted by atomic mass is 10.0. The molecule has 8 nitrogen and oxygen atoms in total. The largest absolute Gasteiger partial charge is 0.355 e. The van der Waals surface area contributed by atoms with Crippen molar-refractivity contribution in [2.75, 3.05) is 37.9 Å². The van der Waals surface area contributed by atoms with Crippen molar-refractivity contribution in [3.05, 3.63) is 87.3 Å². The van der Waals surface area contributed by atoms with E-state index in [2.05, 4.69) is 11.6 Å². The second kappa shape index (κ2) is 11.5. The fraction of sp³-hybridized carbons (Fsp3) is 0.333. The van der Waals surface area contributed by atoms with Crippen molar-refractivity contribution in [3.63, 3.8) is 0 Å². The predicted molar refractivity (Wildman–Crippen MR) is 175 cm³/mol. The van der Waals surface area contributed by atoms with Crippen LogP contribution < -0.4 is 15.9 Å². The van der Waals surface area contributed by atoms with Gasteiger partial charge in [0.2, 0.25) is 0 Å². The number of amides is 1. The number of hydrogen-bond donors (Lipinski definition) is 0. The van der Waals surface area contributed by atoms with E-state index in [1.54, 1.807) is 37.6 Å². The fourth-order valence-corrected chi connectivity index (χ4v) is 7.31. The van der Waals surface area contributed by atoms with E-state index in [1.807, 2.05) is 30.9 Å². The van der Waals surface area contributed by atoms with Crippen molar-refractivity contribution in [2.45, 2.75) is 38.6 Å². The predicted octanol–water partition coefficient (Wildman–Crippen LogP) is 6.19. The number of benzene rings is 2. The van der Waals surface area contributed by atoms with Crippen LogP contribution in [-0.4, -0.2) is 64.3 Å². The van der Waals surface area contributed by atoms with Gasteiger partial charge in [0.05, 0.1) is 21.8 Å². The Hall–Kier alpha value is -3.88. The molecular weight excluding hydrogens is 619 g/mol. The van der Waals surface area contributed by atoms with Gasteiger partial charge in [0.1, 0.15) is 18.8 Å². The normalized spacial score (nSPS) is 17.2. The quantitative estimate of drug-likeness (QED) is 0.182. The molecular formula is C33H33ClF2N5O3P. The highest BCUT2D eigenvalue weighted by Gasteiger charge is 2.34. The van der Waals surface area contributed by atoms with E-state index in [-0.39, 0.29) is 53.5 Å². The fourth-order valence-electron chi connectivity index (χ4n) is 6.11. The molecule has 45 heavy (non-hydrogen) atoms.